The van der Waals surface area contributed by atoms with Crippen LogP contribution in [-0.4, -0.2) is 6.04 Å². The van der Waals surface area contributed by atoms with E-state index in [2.05, 4.69) is 26.8 Å². The molecule has 0 aliphatic heterocycles. The molecule has 1 aliphatic rings. The van der Waals surface area contributed by atoms with Crippen molar-refractivity contribution in [3.63, 3.8) is 0 Å². The summed E-state index contributed by atoms with van der Waals surface area (Å²) >= 11 is 7.65. The molecule has 1 unspecified atom stereocenters. The summed E-state index contributed by atoms with van der Waals surface area (Å²) in [5.41, 5.74) is 6.86. The smallest absolute Gasteiger partial charge is 0.0931 e. The Morgan fingerprint density at radius 3 is 2.37 bits per heavy atom. The van der Waals surface area contributed by atoms with E-state index in [1.807, 2.05) is 6.07 Å². The predicted octanol–water partition coefficient (Wildman–Crippen LogP) is 5.12. The van der Waals surface area contributed by atoms with Crippen LogP contribution in [0.15, 0.2) is 12.1 Å². The lowest BCUT2D eigenvalue weighted by atomic mass is 9.68. The van der Waals surface area contributed by atoms with Crippen molar-refractivity contribution in [3.8, 4) is 0 Å². The van der Waals surface area contributed by atoms with Crippen LogP contribution in [0.25, 0.3) is 0 Å². The molecule has 1 heterocycles. The van der Waals surface area contributed by atoms with Crippen molar-refractivity contribution in [1.29, 1.82) is 0 Å². The van der Waals surface area contributed by atoms with E-state index in [4.69, 9.17) is 17.3 Å². The van der Waals surface area contributed by atoms with Gasteiger partial charge in [0.2, 0.25) is 0 Å². The monoisotopic (exact) mass is 299 g/mol. The molecule has 0 radical (unpaired) electrons. The molecule has 1 aliphatic carbocycles. The summed E-state index contributed by atoms with van der Waals surface area (Å²) in [6, 6.07) is 4.40. The van der Waals surface area contributed by atoms with Crippen molar-refractivity contribution in [2.45, 2.75) is 58.9 Å². The van der Waals surface area contributed by atoms with Gasteiger partial charge in [-0.1, -0.05) is 32.4 Å². The number of thiophene rings is 1. The molecule has 1 aromatic rings. The number of nitrogens with two attached hydrogens (primary N) is 1. The van der Waals surface area contributed by atoms with Crippen molar-refractivity contribution in [2.24, 2.45) is 23.0 Å². The molecule has 1 fully saturated rings. The van der Waals surface area contributed by atoms with Gasteiger partial charge in [0.25, 0.3) is 0 Å². The Balaban J connectivity index is 1.84. The fraction of sp³-hybridized carbons (Fsp3) is 0.750. The fourth-order valence-electron chi connectivity index (χ4n) is 3.27. The van der Waals surface area contributed by atoms with Crippen molar-refractivity contribution >= 4 is 22.9 Å². The van der Waals surface area contributed by atoms with Gasteiger partial charge in [0, 0.05) is 10.9 Å². The van der Waals surface area contributed by atoms with E-state index in [-0.39, 0.29) is 0 Å². The van der Waals surface area contributed by atoms with Crippen LogP contribution in [0.3, 0.4) is 0 Å². The van der Waals surface area contributed by atoms with Crippen molar-refractivity contribution < 1.29 is 0 Å². The zero-order valence-corrected chi connectivity index (χ0v) is 13.9. The molecule has 0 aromatic carbocycles. The van der Waals surface area contributed by atoms with Crippen LogP contribution in [-0.2, 0) is 6.42 Å². The van der Waals surface area contributed by atoms with E-state index >= 15 is 0 Å². The first kappa shape index (κ1) is 15.3. The Morgan fingerprint density at radius 2 is 1.89 bits per heavy atom. The van der Waals surface area contributed by atoms with E-state index in [1.54, 1.807) is 11.3 Å². The van der Waals surface area contributed by atoms with Gasteiger partial charge in [-0.05, 0) is 61.5 Å². The first-order valence-corrected chi connectivity index (χ1v) is 8.55. The van der Waals surface area contributed by atoms with Crippen LogP contribution in [0.4, 0.5) is 0 Å². The van der Waals surface area contributed by atoms with E-state index in [1.165, 1.54) is 30.6 Å². The molecule has 0 amide bonds. The molecule has 1 nitrogen and oxygen atoms in total. The Morgan fingerprint density at radius 1 is 1.26 bits per heavy atom. The predicted molar refractivity (Wildman–Crippen MR) is 85.9 cm³/mol. The molecular formula is C16H26ClNS. The molecule has 2 rings (SSSR count). The topological polar surface area (TPSA) is 26.0 Å². The third-order valence-electron chi connectivity index (χ3n) is 4.67. The first-order valence-electron chi connectivity index (χ1n) is 7.36. The molecule has 0 spiro atoms. The highest BCUT2D eigenvalue weighted by Gasteiger charge is 2.31. The molecule has 1 atom stereocenters. The van der Waals surface area contributed by atoms with E-state index in [0.29, 0.717) is 17.4 Å². The standard InChI is InChI=1S/C16H26ClNS/c1-16(2,3)12-6-4-11(5-7-12)14(18)10-13-8-9-15(17)19-13/h8-9,11-12,14H,4-7,10,18H2,1-3H3. The maximum absolute atomic E-state index is 6.41. The largest absolute Gasteiger partial charge is 0.327 e. The summed E-state index contributed by atoms with van der Waals surface area (Å²) < 4.78 is 0.874. The number of halogens is 1. The van der Waals surface area contributed by atoms with Crippen LogP contribution >= 0.6 is 22.9 Å². The number of hydrogen-bond donors (Lipinski definition) is 1. The minimum Gasteiger partial charge on any atom is -0.327 e. The van der Waals surface area contributed by atoms with Crippen LogP contribution in [0, 0.1) is 17.3 Å². The van der Waals surface area contributed by atoms with E-state index in [9.17, 15) is 0 Å². The van der Waals surface area contributed by atoms with Crippen molar-refractivity contribution in [2.75, 3.05) is 0 Å². The third-order valence-corrected chi connectivity index (χ3v) is 5.92. The lowest BCUT2D eigenvalue weighted by Gasteiger charge is -2.38. The van der Waals surface area contributed by atoms with Crippen LogP contribution in [0.1, 0.15) is 51.3 Å². The quantitative estimate of drug-likeness (QED) is 0.823. The van der Waals surface area contributed by atoms with Crippen LogP contribution < -0.4 is 5.73 Å². The third kappa shape index (κ3) is 4.21. The van der Waals surface area contributed by atoms with Gasteiger partial charge in [-0.15, -0.1) is 11.3 Å². The van der Waals surface area contributed by atoms with E-state index in [0.717, 1.165) is 16.7 Å². The SMILES string of the molecule is CC(C)(C)C1CCC(C(N)Cc2ccc(Cl)s2)CC1. The highest BCUT2D eigenvalue weighted by atomic mass is 35.5. The first-order chi connectivity index (χ1) is 8.86. The zero-order valence-electron chi connectivity index (χ0n) is 12.3. The van der Waals surface area contributed by atoms with Gasteiger partial charge in [-0.25, -0.2) is 0 Å². The van der Waals surface area contributed by atoms with Gasteiger partial charge in [0.15, 0.2) is 0 Å². The van der Waals surface area contributed by atoms with Crippen LogP contribution in [0.5, 0.6) is 0 Å². The Labute approximate surface area is 126 Å². The highest BCUT2D eigenvalue weighted by molar-refractivity contribution is 7.16. The molecule has 1 saturated carbocycles. The van der Waals surface area contributed by atoms with Gasteiger partial charge < -0.3 is 5.73 Å². The zero-order chi connectivity index (χ0) is 14.0. The average Bonchev–Trinajstić information content (AvgIpc) is 2.74. The molecule has 3 heteroatoms. The molecule has 19 heavy (non-hydrogen) atoms. The molecule has 2 N–H and O–H groups in total. The summed E-state index contributed by atoms with van der Waals surface area (Å²) in [4.78, 5) is 1.33. The summed E-state index contributed by atoms with van der Waals surface area (Å²) in [5, 5.41) is 0. The second-order valence-corrected chi connectivity index (χ2v) is 8.85. The normalized spacial score (nSPS) is 26.4. The maximum Gasteiger partial charge on any atom is 0.0931 e. The van der Waals surface area contributed by atoms with E-state index < -0.39 is 0 Å². The molecule has 0 saturated heterocycles. The van der Waals surface area contributed by atoms with Gasteiger partial charge >= 0.3 is 0 Å². The minimum atomic E-state index is 0.302. The Hall–Kier alpha value is -0.0500. The van der Waals surface area contributed by atoms with Gasteiger partial charge in [-0.2, -0.15) is 0 Å². The lowest BCUT2D eigenvalue weighted by Crippen LogP contribution is -2.36. The summed E-state index contributed by atoms with van der Waals surface area (Å²) in [5.74, 6) is 1.56. The van der Waals surface area contributed by atoms with Gasteiger partial charge in [-0.3, -0.25) is 0 Å². The highest BCUT2D eigenvalue weighted by Crippen LogP contribution is 2.40. The summed E-state index contributed by atoms with van der Waals surface area (Å²) in [6.45, 7) is 7.10. The molecule has 1 aromatic heterocycles. The molecule has 0 bridgehead atoms. The molecule has 108 valence electrons. The second kappa shape index (κ2) is 6.15. The maximum atomic E-state index is 6.41. The van der Waals surface area contributed by atoms with Gasteiger partial charge in [0.1, 0.15) is 0 Å². The minimum absolute atomic E-state index is 0.302. The lowest BCUT2D eigenvalue weighted by molar-refractivity contribution is 0.139. The average molecular weight is 300 g/mol. The van der Waals surface area contributed by atoms with Crippen LogP contribution in [0.2, 0.25) is 4.34 Å². The summed E-state index contributed by atoms with van der Waals surface area (Å²) in [6.07, 6.45) is 6.26. The Kier molecular flexibility index (Phi) is 4.97. The molecular weight excluding hydrogens is 274 g/mol. The second-order valence-electron chi connectivity index (χ2n) is 7.05. The fourth-order valence-corrected chi connectivity index (χ4v) is 4.43. The van der Waals surface area contributed by atoms with Crippen molar-refractivity contribution in [1.82, 2.24) is 0 Å². The Bertz CT molecular complexity index is 399. The summed E-state index contributed by atoms with van der Waals surface area (Å²) in [7, 11) is 0. The number of rotatable bonds is 3. The number of hydrogen-bond acceptors (Lipinski definition) is 2. The van der Waals surface area contributed by atoms with Crippen molar-refractivity contribution in [3.05, 3.63) is 21.3 Å². The van der Waals surface area contributed by atoms with Gasteiger partial charge in [0.05, 0.1) is 4.34 Å².